The molecule has 2 N–H and O–H groups in total. The van der Waals surface area contributed by atoms with Gasteiger partial charge in [-0.3, -0.25) is 0 Å². The van der Waals surface area contributed by atoms with E-state index in [0.29, 0.717) is 6.04 Å². The van der Waals surface area contributed by atoms with E-state index in [0.717, 1.165) is 18.4 Å². The first kappa shape index (κ1) is 14.4. The molecule has 1 saturated carbocycles. The van der Waals surface area contributed by atoms with Crippen LogP contribution in [-0.2, 0) is 0 Å². The van der Waals surface area contributed by atoms with Crippen LogP contribution >= 0.6 is 0 Å². The van der Waals surface area contributed by atoms with E-state index in [4.69, 9.17) is 5.73 Å². The van der Waals surface area contributed by atoms with Crippen LogP contribution in [0.5, 0.6) is 0 Å². The molecule has 0 spiro atoms. The van der Waals surface area contributed by atoms with Gasteiger partial charge in [0.2, 0.25) is 0 Å². The molecule has 3 atom stereocenters. The Kier molecular flexibility index (Phi) is 4.87. The average Bonchev–Trinajstić information content (AvgIpc) is 2.40. The Bertz CT molecular complexity index is 385. The Morgan fingerprint density at radius 2 is 1.95 bits per heavy atom. The number of rotatable bonds is 4. The molecular weight excluding hydrogens is 232 g/mol. The topological polar surface area (TPSA) is 29.3 Å². The first-order valence-electron chi connectivity index (χ1n) is 7.61. The zero-order chi connectivity index (χ0) is 13.8. The van der Waals surface area contributed by atoms with Gasteiger partial charge in [-0.25, -0.2) is 0 Å². The predicted molar refractivity (Wildman–Crippen MR) is 83.5 cm³/mol. The molecule has 0 aromatic heterocycles. The summed E-state index contributed by atoms with van der Waals surface area (Å²) in [5.41, 5.74) is 8.68. The molecule has 0 amide bonds. The van der Waals surface area contributed by atoms with Crippen molar-refractivity contribution in [1.29, 1.82) is 0 Å². The molecule has 1 aliphatic carbocycles. The molecule has 0 heterocycles. The van der Waals surface area contributed by atoms with Gasteiger partial charge in [0.25, 0.3) is 0 Å². The zero-order valence-corrected chi connectivity index (χ0v) is 12.6. The van der Waals surface area contributed by atoms with Crippen LogP contribution < -0.4 is 10.6 Å². The lowest BCUT2D eigenvalue weighted by Crippen LogP contribution is -2.45. The van der Waals surface area contributed by atoms with Crippen LogP contribution in [0, 0.1) is 18.8 Å². The highest BCUT2D eigenvalue weighted by Gasteiger charge is 2.28. The van der Waals surface area contributed by atoms with Gasteiger partial charge in [0.05, 0.1) is 0 Å². The fourth-order valence-corrected chi connectivity index (χ4v) is 3.47. The summed E-state index contributed by atoms with van der Waals surface area (Å²) in [4.78, 5) is 2.39. The highest BCUT2D eigenvalue weighted by Crippen LogP contribution is 2.33. The van der Waals surface area contributed by atoms with Gasteiger partial charge in [0.1, 0.15) is 0 Å². The number of nitrogens with zero attached hydrogens (tertiary/aromatic N) is 1. The summed E-state index contributed by atoms with van der Waals surface area (Å²) in [5.74, 6) is 1.61. The summed E-state index contributed by atoms with van der Waals surface area (Å²) in [7, 11) is 2.20. The number of benzene rings is 1. The Hall–Kier alpha value is -1.02. The normalized spacial score (nSPS) is 25.1. The lowest BCUT2D eigenvalue weighted by Gasteiger charge is -2.39. The molecule has 1 fully saturated rings. The molecule has 2 rings (SSSR count). The van der Waals surface area contributed by atoms with Crippen molar-refractivity contribution >= 4 is 5.69 Å². The van der Waals surface area contributed by atoms with Crippen LogP contribution in [0.1, 0.15) is 38.2 Å². The van der Waals surface area contributed by atoms with E-state index in [2.05, 4.69) is 50.1 Å². The highest BCUT2D eigenvalue weighted by atomic mass is 15.1. The van der Waals surface area contributed by atoms with Gasteiger partial charge < -0.3 is 10.6 Å². The maximum atomic E-state index is 6.08. The van der Waals surface area contributed by atoms with E-state index >= 15 is 0 Å². The molecule has 106 valence electrons. The van der Waals surface area contributed by atoms with Gasteiger partial charge in [-0.15, -0.1) is 0 Å². The first-order valence-corrected chi connectivity index (χ1v) is 7.61. The second-order valence-corrected chi connectivity index (χ2v) is 6.28. The van der Waals surface area contributed by atoms with E-state index in [9.17, 15) is 0 Å². The van der Waals surface area contributed by atoms with Crippen molar-refractivity contribution in [2.45, 2.75) is 45.6 Å². The van der Waals surface area contributed by atoms with Crippen LogP contribution in [0.4, 0.5) is 5.69 Å². The zero-order valence-electron chi connectivity index (χ0n) is 12.6. The van der Waals surface area contributed by atoms with Gasteiger partial charge >= 0.3 is 0 Å². The van der Waals surface area contributed by atoms with E-state index < -0.39 is 0 Å². The summed E-state index contributed by atoms with van der Waals surface area (Å²) in [6.07, 6.45) is 5.42. The monoisotopic (exact) mass is 260 g/mol. The summed E-state index contributed by atoms with van der Waals surface area (Å²) >= 11 is 0. The average molecular weight is 260 g/mol. The Labute approximate surface area is 118 Å². The summed E-state index contributed by atoms with van der Waals surface area (Å²) in [6, 6.07) is 9.27. The maximum absolute atomic E-state index is 6.08. The third kappa shape index (κ3) is 3.50. The lowest BCUT2D eigenvalue weighted by molar-refractivity contribution is 0.245. The van der Waals surface area contributed by atoms with Gasteiger partial charge in [-0.1, -0.05) is 37.5 Å². The molecule has 19 heavy (non-hydrogen) atoms. The van der Waals surface area contributed by atoms with Crippen LogP contribution in [0.25, 0.3) is 0 Å². The van der Waals surface area contributed by atoms with Crippen molar-refractivity contribution in [3.05, 3.63) is 29.8 Å². The Balaban J connectivity index is 2.09. The minimum atomic E-state index is 0.477. The lowest BCUT2D eigenvalue weighted by atomic mass is 9.78. The molecule has 0 saturated heterocycles. The minimum absolute atomic E-state index is 0.477. The van der Waals surface area contributed by atoms with Gasteiger partial charge in [-0.2, -0.15) is 0 Å². The van der Waals surface area contributed by atoms with E-state index in [1.807, 2.05) is 0 Å². The smallest absolute Gasteiger partial charge is 0.0437 e. The minimum Gasteiger partial charge on any atom is -0.370 e. The van der Waals surface area contributed by atoms with Crippen molar-refractivity contribution in [3.63, 3.8) is 0 Å². The summed E-state index contributed by atoms with van der Waals surface area (Å²) in [6.45, 7) is 5.26. The predicted octanol–water partition coefficient (Wildman–Crippen LogP) is 3.58. The number of nitrogens with two attached hydrogens (primary N) is 1. The molecular formula is C17H28N2. The van der Waals surface area contributed by atoms with Gasteiger partial charge in [0, 0.05) is 25.3 Å². The van der Waals surface area contributed by atoms with Crippen LogP contribution in [0.15, 0.2) is 24.3 Å². The van der Waals surface area contributed by atoms with Crippen molar-refractivity contribution in [3.8, 4) is 0 Å². The van der Waals surface area contributed by atoms with E-state index in [-0.39, 0.29) is 0 Å². The molecule has 1 aromatic rings. The van der Waals surface area contributed by atoms with Gasteiger partial charge in [-0.05, 0) is 43.7 Å². The van der Waals surface area contributed by atoms with Crippen molar-refractivity contribution < 1.29 is 0 Å². The third-order valence-corrected chi connectivity index (χ3v) is 4.70. The first-order chi connectivity index (χ1) is 9.11. The fraction of sp³-hybridized carbons (Fsp3) is 0.647. The van der Waals surface area contributed by atoms with Crippen molar-refractivity contribution in [1.82, 2.24) is 0 Å². The quantitative estimate of drug-likeness (QED) is 0.896. The molecule has 2 heteroatoms. The van der Waals surface area contributed by atoms with E-state index in [1.165, 1.54) is 36.9 Å². The Morgan fingerprint density at radius 1 is 1.26 bits per heavy atom. The third-order valence-electron chi connectivity index (χ3n) is 4.70. The largest absolute Gasteiger partial charge is 0.370 e. The second-order valence-electron chi connectivity index (χ2n) is 6.28. The number of likely N-dealkylation sites (N-methyl/N-ethyl adjacent to an activating group) is 1. The molecule has 0 radical (unpaired) electrons. The van der Waals surface area contributed by atoms with Crippen LogP contribution in [-0.4, -0.2) is 19.6 Å². The van der Waals surface area contributed by atoms with E-state index in [1.54, 1.807) is 0 Å². The molecule has 0 bridgehead atoms. The summed E-state index contributed by atoms with van der Waals surface area (Å²) in [5, 5.41) is 0. The van der Waals surface area contributed by atoms with Crippen LogP contribution in [0.3, 0.4) is 0 Å². The molecule has 0 aliphatic heterocycles. The van der Waals surface area contributed by atoms with Crippen LogP contribution in [0.2, 0.25) is 0 Å². The highest BCUT2D eigenvalue weighted by molar-refractivity contribution is 5.48. The number of hydrogen-bond donors (Lipinski definition) is 1. The number of hydrogen-bond acceptors (Lipinski definition) is 2. The van der Waals surface area contributed by atoms with Crippen molar-refractivity contribution in [2.75, 3.05) is 18.5 Å². The van der Waals surface area contributed by atoms with Gasteiger partial charge in [0.15, 0.2) is 0 Å². The molecule has 1 aromatic carbocycles. The Morgan fingerprint density at radius 3 is 2.53 bits per heavy atom. The maximum Gasteiger partial charge on any atom is 0.0437 e. The number of anilines is 1. The van der Waals surface area contributed by atoms with Crippen molar-refractivity contribution in [2.24, 2.45) is 17.6 Å². The summed E-state index contributed by atoms with van der Waals surface area (Å²) < 4.78 is 0. The fourth-order valence-electron chi connectivity index (χ4n) is 3.47. The molecule has 1 aliphatic rings. The standard InChI is InChI=1S/C17H28N2/c1-13-7-9-16(10-8-13)19(3)17(12-18)15-6-4-5-14(2)11-15/h7-10,14-15,17H,4-6,11-12,18H2,1-3H3. The molecule has 2 nitrogen and oxygen atoms in total. The SMILES string of the molecule is Cc1ccc(N(C)C(CN)C2CCCC(C)C2)cc1. The second kappa shape index (κ2) is 6.42. The number of aryl methyl sites for hydroxylation is 1. The molecule has 3 unspecified atom stereocenters.